The van der Waals surface area contributed by atoms with Gasteiger partial charge in [0.15, 0.2) is 5.96 Å². The lowest BCUT2D eigenvalue weighted by Gasteiger charge is -2.33. The van der Waals surface area contributed by atoms with Crippen LogP contribution in [0.25, 0.3) is 0 Å². The summed E-state index contributed by atoms with van der Waals surface area (Å²) in [4.78, 5) is 7.57. The molecule has 2 aliphatic rings. The molecule has 2 saturated heterocycles. The van der Waals surface area contributed by atoms with E-state index in [0.29, 0.717) is 16.3 Å². The molecule has 0 aliphatic carbocycles. The molecule has 5 nitrogen and oxygen atoms in total. The fraction of sp³-hybridized carbons (Fsp3) is 0.688. The van der Waals surface area contributed by atoms with Crippen LogP contribution < -0.4 is 5.32 Å². The molecule has 3 rings (SSSR count). The smallest absolute Gasteiger partial charge is 0.193 e. The van der Waals surface area contributed by atoms with Gasteiger partial charge in [0.1, 0.15) is 6.10 Å². The molecular formula is C16H24ClN3O2S. The normalized spacial score (nSPS) is 22.6. The monoisotopic (exact) mass is 357 g/mol. The third kappa shape index (κ3) is 3.99. The van der Waals surface area contributed by atoms with Crippen molar-refractivity contribution in [3.05, 3.63) is 21.3 Å². The number of hydrogen-bond acceptors (Lipinski definition) is 4. The third-order valence-corrected chi connectivity index (χ3v) is 6.21. The van der Waals surface area contributed by atoms with Gasteiger partial charge < -0.3 is 20.1 Å². The molecule has 0 saturated carbocycles. The maximum absolute atomic E-state index is 10.3. The van der Waals surface area contributed by atoms with Gasteiger partial charge in [-0.05, 0) is 36.8 Å². The second-order valence-electron chi connectivity index (χ2n) is 6.37. The predicted octanol–water partition coefficient (Wildman–Crippen LogP) is 2.51. The lowest BCUT2D eigenvalue weighted by Crippen LogP contribution is -2.43. The molecule has 2 fully saturated rings. The number of likely N-dealkylation sites (tertiary alicyclic amines) is 1. The van der Waals surface area contributed by atoms with Gasteiger partial charge >= 0.3 is 0 Å². The molecule has 0 amide bonds. The number of hydrogen-bond donors (Lipinski definition) is 2. The largest absolute Gasteiger partial charge is 0.386 e. The highest BCUT2D eigenvalue weighted by atomic mass is 35.5. The summed E-state index contributed by atoms with van der Waals surface area (Å²) >= 11 is 7.34. The summed E-state index contributed by atoms with van der Waals surface area (Å²) in [5.74, 6) is 0.870. The highest BCUT2D eigenvalue weighted by molar-refractivity contribution is 7.16. The summed E-state index contributed by atoms with van der Waals surface area (Å²) in [6, 6.07) is 3.68. The Labute approximate surface area is 146 Å². The van der Waals surface area contributed by atoms with Crippen molar-refractivity contribution in [2.75, 3.05) is 39.9 Å². The first-order chi connectivity index (χ1) is 11.1. The molecule has 2 aliphatic heterocycles. The van der Waals surface area contributed by atoms with Crippen molar-refractivity contribution in [3.63, 3.8) is 0 Å². The Morgan fingerprint density at radius 1 is 1.48 bits per heavy atom. The minimum absolute atomic E-state index is 0.385. The zero-order chi connectivity index (χ0) is 16.3. The second-order valence-corrected chi connectivity index (χ2v) is 8.12. The van der Waals surface area contributed by atoms with Crippen molar-refractivity contribution in [2.45, 2.75) is 25.4 Å². The molecule has 7 heteroatoms. The van der Waals surface area contributed by atoms with Gasteiger partial charge in [0.2, 0.25) is 0 Å². The number of ether oxygens (including phenoxy) is 1. The van der Waals surface area contributed by atoms with E-state index in [0.717, 1.165) is 50.0 Å². The average molecular weight is 358 g/mol. The van der Waals surface area contributed by atoms with E-state index in [1.54, 1.807) is 7.05 Å². The number of aliphatic hydroxyl groups excluding tert-OH is 1. The Morgan fingerprint density at radius 2 is 2.26 bits per heavy atom. The van der Waals surface area contributed by atoms with Crippen LogP contribution in [-0.2, 0) is 4.74 Å². The molecule has 0 aromatic carbocycles. The van der Waals surface area contributed by atoms with Crippen LogP contribution in [0.5, 0.6) is 0 Å². The Morgan fingerprint density at radius 3 is 2.91 bits per heavy atom. The first kappa shape index (κ1) is 17.0. The van der Waals surface area contributed by atoms with E-state index < -0.39 is 6.10 Å². The van der Waals surface area contributed by atoms with Crippen molar-refractivity contribution < 1.29 is 9.84 Å². The molecule has 1 atom stereocenters. The van der Waals surface area contributed by atoms with Gasteiger partial charge in [-0.3, -0.25) is 4.99 Å². The molecule has 128 valence electrons. The van der Waals surface area contributed by atoms with Gasteiger partial charge in [-0.25, -0.2) is 0 Å². The molecule has 2 N–H and O–H groups in total. The summed E-state index contributed by atoms with van der Waals surface area (Å²) in [7, 11) is 1.80. The van der Waals surface area contributed by atoms with Gasteiger partial charge in [-0.1, -0.05) is 11.6 Å². The Bertz CT molecular complexity index is 557. The number of halogens is 1. The van der Waals surface area contributed by atoms with E-state index in [1.165, 1.54) is 17.8 Å². The fourth-order valence-corrected chi connectivity index (χ4v) is 4.50. The topological polar surface area (TPSA) is 57.1 Å². The molecule has 0 radical (unpaired) electrons. The minimum atomic E-state index is -0.566. The predicted molar refractivity (Wildman–Crippen MR) is 94.3 cm³/mol. The molecule has 1 aromatic heterocycles. The van der Waals surface area contributed by atoms with Crippen LogP contribution in [0.2, 0.25) is 4.34 Å². The maximum Gasteiger partial charge on any atom is 0.193 e. The summed E-state index contributed by atoms with van der Waals surface area (Å²) in [6.45, 7) is 4.23. The number of nitrogens with zero attached hydrogens (tertiary/aromatic N) is 2. The van der Waals surface area contributed by atoms with Crippen LogP contribution in [0.3, 0.4) is 0 Å². The van der Waals surface area contributed by atoms with E-state index in [-0.39, 0.29) is 0 Å². The van der Waals surface area contributed by atoms with Gasteiger partial charge in [-0.15, -0.1) is 11.3 Å². The highest BCUT2D eigenvalue weighted by Crippen LogP contribution is 2.39. The number of nitrogens with one attached hydrogen (secondary N) is 1. The minimum Gasteiger partial charge on any atom is -0.386 e. The third-order valence-electron chi connectivity index (χ3n) is 4.88. The summed E-state index contributed by atoms with van der Waals surface area (Å²) in [5.41, 5.74) is 0.385. The Kier molecular flexibility index (Phi) is 5.46. The van der Waals surface area contributed by atoms with E-state index in [1.807, 2.05) is 12.1 Å². The van der Waals surface area contributed by atoms with E-state index in [9.17, 15) is 5.11 Å². The molecule has 0 bridgehead atoms. The van der Waals surface area contributed by atoms with Gasteiger partial charge in [0.25, 0.3) is 0 Å². The van der Waals surface area contributed by atoms with Gasteiger partial charge in [0.05, 0.1) is 4.34 Å². The molecule has 23 heavy (non-hydrogen) atoms. The van der Waals surface area contributed by atoms with Gasteiger partial charge in [-0.2, -0.15) is 0 Å². The first-order valence-electron chi connectivity index (χ1n) is 8.09. The quantitative estimate of drug-likeness (QED) is 0.644. The lowest BCUT2D eigenvalue weighted by atomic mass is 9.80. The number of aliphatic hydroxyl groups is 1. The molecule has 1 spiro atoms. The molecule has 1 unspecified atom stereocenters. The lowest BCUT2D eigenvalue weighted by molar-refractivity contribution is 0.0217. The summed E-state index contributed by atoms with van der Waals surface area (Å²) < 4.78 is 6.20. The number of aliphatic imine (C=N–C) groups is 1. The number of rotatable bonds is 3. The van der Waals surface area contributed by atoms with Crippen molar-refractivity contribution in [1.29, 1.82) is 0 Å². The molecular weight excluding hydrogens is 334 g/mol. The SMILES string of the molecule is CN=C(NCC(O)c1ccc(Cl)s1)N1CCC2(CCOCC2)C1. The number of thiophene rings is 1. The number of guanidine groups is 1. The standard InChI is InChI=1S/C16H24ClN3O2S/c1-18-15(19-10-12(21)13-2-3-14(17)23-13)20-7-4-16(11-20)5-8-22-9-6-16/h2-3,12,21H,4-11H2,1H3,(H,18,19). The van der Waals surface area contributed by atoms with Crippen LogP contribution in [0, 0.1) is 5.41 Å². The Hall–Kier alpha value is -0.820. The van der Waals surface area contributed by atoms with Gasteiger partial charge in [0, 0.05) is 44.8 Å². The van der Waals surface area contributed by atoms with Crippen molar-refractivity contribution in [2.24, 2.45) is 10.4 Å². The molecule has 3 heterocycles. The first-order valence-corrected chi connectivity index (χ1v) is 9.28. The zero-order valence-electron chi connectivity index (χ0n) is 13.4. The summed E-state index contributed by atoms with van der Waals surface area (Å²) in [6.07, 6.45) is 2.90. The molecule has 1 aromatic rings. The van der Waals surface area contributed by atoms with Crippen LogP contribution in [0.4, 0.5) is 0 Å². The van der Waals surface area contributed by atoms with Crippen molar-refractivity contribution in [1.82, 2.24) is 10.2 Å². The zero-order valence-corrected chi connectivity index (χ0v) is 15.0. The van der Waals surface area contributed by atoms with Crippen LogP contribution in [0.15, 0.2) is 17.1 Å². The second kappa shape index (κ2) is 7.38. The van der Waals surface area contributed by atoms with Crippen molar-refractivity contribution in [3.8, 4) is 0 Å². The maximum atomic E-state index is 10.3. The fourth-order valence-electron chi connectivity index (χ4n) is 3.46. The van der Waals surface area contributed by atoms with E-state index in [2.05, 4.69) is 15.2 Å². The van der Waals surface area contributed by atoms with E-state index in [4.69, 9.17) is 16.3 Å². The van der Waals surface area contributed by atoms with Crippen LogP contribution in [-0.4, -0.2) is 55.9 Å². The van der Waals surface area contributed by atoms with Crippen molar-refractivity contribution >= 4 is 28.9 Å². The van der Waals surface area contributed by atoms with Crippen LogP contribution >= 0.6 is 22.9 Å². The summed E-state index contributed by atoms with van der Waals surface area (Å²) in [5, 5.41) is 13.6. The van der Waals surface area contributed by atoms with Crippen LogP contribution in [0.1, 0.15) is 30.2 Å². The highest BCUT2D eigenvalue weighted by Gasteiger charge is 2.40. The Balaban J connectivity index is 1.54. The average Bonchev–Trinajstić information content (AvgIpc) is 3.16. The van der Waals surface area contributed by atoms with E-state index >= 15 is 0 Å².